The number of aromatic nitrogens is 1. The molecule has 0 saturated heterocycles. The summed E-state index contributed by atoms with van der Waals surface area (Å²) < 4.78 is 11.3. The van der Waals surface area contributed by atoms with Crippen LogP contribution in [0.1, 0.15) is 30.3 Å². The van der Waals surface area contributed by atoms with Gasteiger partial charge in [-0.1, -0.05) is 36.4 Å². The molecule has 1 heterocycles. The molecular weight excluding hydrogens is 396 g/mol. The molecule has 6 heteroatoms. The molecule has 0 spiro atoms. The average Bonchev–Trinajstić information content (AvgIpc) is 3.19. The number of carbonyl (C=O) groups excluding carboxylic acids is 1. The molecule has 0 unspecified atom stereocenters. The number of rotatable bonds is 11. The van der Waals surface area contributed by atoms with Crippen molar-refractivity contribution in [2.24, 2.45) is 0 Å². The molecule has 3 aromatic rings. The first-order valence-corrected chi connectivity index (χ1v) is 11.2. The number of amides is 1. The second-order valence-electron chi connectivity index (χ2n) is 6.88. The predicted octanol–water partition coefficient (Wildman–Crippen LogP) is 5.04. The van der Waals surface area contributed by atoms with E-state index in [1.165, 1.54) is 5.56 Å². The Bertz CT molecular complexity index is 938. The van der Waals surface area contributed by atoms with Crippen LogP contribution in [0.3, 0.4) is 0 Å². The van der Waals surface area contributed by atoms with Gasteiger partial charge in [-0.05, 0) is 44.4 Å². The molecule has 0 aliphatic heterocycles. The van der Waals surface area contributed by atoms with E-state index in [0.29, 0.717) is 32.6 Å². The van der Waals surface area contributed by atoms with Crippen LogP contribution in [-0.2, 0) is 11.2 Å². The van der Waals surface area contributed by atoms with Crippen molar-refractivity contribution in [3.8, 4) is 22.8 Å². The van der Waals surface area contributed by atoms with E-state index >= 15 is 0 Å². The van der Waals surface area contributed by atoms with Crippen LogP contribution in [-0.4, -0.2) is 30.6 Å². The highest BCUT2D eigenvalue weighted by molar-refractivity contribution is 7.09. The molecular formula is C24H28N2O3S. The van der Waals surface area contributed by atoms with Gasteiger partial charge in [0.25, 0.3) is 0 Å². The van der Waals surface area contributed by atoms with Crippen LogP contribution in [0.15, 0.2) is 53.9 Å². The largest absolute Gasteiger partial charge is 0.490 e. The number of ether oxygens (including phenoxy) is 2. The zero-order valence-corrected chi connectivity index (χ0v) is 18.3. The Kier molecular flexibility index (Phi) is 8.27. The molecule has 1 amide bonds. The van der Waals surface area contributed by atoms with E-state index in [9.17, 15) is 4.79 Å². The fourth-order valence-electron chi connectivity index (χ4n) is 3.03. The van der Waals surface area contributed by atoms with E-state index in [1.807, 2.05) is 38.1 Å². The third kappa shape index (κ3) is 6.59. The highest BCUT2D eigenvalue weighted by Crippen LogP contribution is 2.26. The first-order chi connectivity index (χ1) is 14.7. The molecule has 3 rings (SSSR count). The summed E-state index contributed by atoms with van der Waals surface area (Å²) >= 11 is 1.66. The summed E-state index contributed by atoms with van der Waals surface area (Å²) in [6.07, 6.45) is 1.91. The van der Waals surface area contributed by atoms with Crippen molar-refractivity contribution in [1.82, 2.24) is 10.3 Å². The van der Waals surface area contributed by atoms with Gasteiger partial charge in [0.15, 0.2) is 11.5 Å². The minimum atomic E-state index is 0.0475. The number of benzene rings is 2. The fourth-order valence-corrected chi connectivity index (χ4v) is 3.65. The number of nitrogens with zero attached hydrogens (tertiary/aromatic N) is 1. The lowest BCUT2D eigenvalue weighted by atomic mass is 10.1. The van der Waals surface area contributed by atoms with Crippen LogP contribution < -0.4 is 14.8 Å². The lowest BCUT2D eigenvalue weighted by Gasteiger charge is -2.11. The molecule has 0 saturated carbocycles. The second kappa shape index (κ2) is 11.4. The third-order valence-electron chi connectivity index (χ3n) is 4.56. The Morgan fingerprint density at radius 3 is 2.47 bits per heavy atom. The van der Waals surface area contributed by atoms with Crippen molar-refractivity contribution in [3.63, 3.8) is 0 Å². The van der Waals surface area contributed by atoms with E-state index in [0.717, 1.165) is 34.2 Å². The summed E-state index contributed by atoms with van der Waals surface area (Å²) in [5, 5.41) is 6.12. The molecule has 0 bridgehead atoms. The van der Waals surface area contributed by atoms with E-state index < -0.39 is 0 Å². The van der Waals surface area contributed by atoms with Crippen LogP contribution in [0.2, 0.25) is 0 Å². The summed E-state index contributed by atoms with van der Waals surface area (Å²) in [6, 6.07) is 16.0. The van der Waals surface area contributed by atoms with Crippen molar-refractivity contribution >= 4 is 17.2 Å². The summed E-state index contributed by atoms with van der Waals surface area (Å²) in [6.45, 7) is 5.65. The highest BCUT2D eigenvalue weighted by atomic mass is 32.1. The summed E-state index contributed by atoms with van der Waals surface area (Å²) in [5.41, 5.74) is 3.34. The Morgan fingerprint density at radius 2 is 1.80 bits per heavy atom. The molecule has 5 nitrogen and oxygen atoms in total. The van der Waals surface area contributed by atoms with Gasteiger partial charge < -0.3 is 14.8 Å². The highest BCUT2D eigenvalue weighted by Gasteiger charge is 2.06. The van der Waals surface area contributed by atoms with Crippen LogP contribution in [0.5, 0.6) is 11.5 Å². The van der Waals surface area contributed by atoms with Crippen LogP contribution in [0.4, 0.5) is 0 Å². The van der Waals surface area contributed by atoms with Crippen molar-refractivity contribution in [3.05, 3.63) is 64.5 Å². The summed E-state index contributed by atoms with van der Waals surface area (Å²) in [5.74, 6) is 1.50. The molecule has 0 atom stereocenters. The molecule has 1 N–H and O–H groups in total. The zero-order chi connectivity index (χ0) is 21.2. The monoisotopic (exact) mass is 424 g/mol. The van der Waals surface area contributed by atoms with Gasteiger partial charge in [0.2, 0.25) is 5.91 Å². The van der Waals surface area contributed by atoms with E-state index in [2.05, 4.69) is 39.9 Å². The maximum Gasteiger partial charge on any atom is 0.220 e. The van der Waals surface area contributed by atoms with Crippen LogP contribution in [0, 0.1) is 6.92 Å². The zero-order valence-electron chi connectivity index (χ0n) is 17.5. The first-order valence-electron chi connectivity index (χ1n) is 10.3. The lowest BCUT2D eigenvalue weighted by molar-refractivity contribution is -0.121. The fraction of sp³-hybridized carbons (Fsp3) is 0.333. The van der Waals surface area contributed by atoms with E-state index in [-0.39, 0.29) is 5.91 Å². The Labute approximate surface area is 182 Å². The number of para-hydroxylation sites is 2. The molecule has 0 aliphatic carbocycles. The molecule has 1 aromatic heterocycles. The van der Waals surface area contributed by atoms with Crippen molar-refractivity contribution in [2.45, 2.75) is 33.1 Å². The first kappa shape index (κ1) is 21.8. The number of thiazole rings is 1. The predicted molar refractivity (Wildman–Crippen MR) is 121 cm³/mol. The Hall–Kier alpha value is -2.86. The van der Waals surface area contributed by atoms with Gasteiger partial charge in [0.05, 0.1) is 23.9 Å². The number of hydrogen-bond acceptors (Lipinski definition) is 5. The smallest absolute Gasteiger partial charge is 0.220 e. The number of nitrogens with one attached hydrogen (secondary N) is 1. The van der Waals surface area contributed by atoms with Gasteiger partial charge in [0.1, 0.15) is 0 Å². The molecule has 0 fully saturated rings. The second-order valence-corrected chi connectivity index (χ2v) is 7.94. The van der Waals surface area contributed by atoms with Gasteiger partial charge in [0, 0.05) is 23.9 Å². The van der Waals surface area contributed by atoms with Crippen molar-refractivity contribution in [1.29, 1.82) is 0 Å². The normalized spacial score (nSPS) is 10.6. The van der Waals surface area contributed by atoms with Gasteiger partial charge in [-0.2, -0.15) is 0 Å². The topological polar surface area (TPSA) is 60.5 Å². The van der Waals surface area contributed by atoms with Crippen LogP contribution in [0.25, 0.3) is 11.3 Å². The van der Waals surface area contributed by atoms with Gasteiger partial charge in [-0.3, -0.25) is 4.79 Å². The summed E-state index contributed by atoms with van der Waals surface area (Å²) in [7, 11) is 0. The van der Waals surface area contributed by atoms with Gasteiger partial charge >= 0.3 is 0 Å². The Balaban J connectivity index is 1.33. The lowest BCUT2D eigenvalue weighted by Crippen LogP contribution is -2.25. The average molecular weight is 425 g/mol. The molecule has 2 aromatic carbocycles. The maximum atomic E-state index is 12.1. The molecule has 0 radical (unpaired) electrons. The number of carbonyl (C=O) groups is 1. The van der Waals surface area contributed by atoms with Crippen molar-refractivity contribution in [2.75, 3.05) is 19.8 Å². The molecule has 30 heavy (non-hydrogen) atoms. The number of aryl methyl sites for hydroxylation is 1. The van der Waals surface area contributed by atoms with E-state index in [1.54, 1.807) is 11.3 Å². The minimum Gasteiger partial charge on any atom is -0.490 e. The quantitative estimate of drug-likeness (QED) is 0.438. The Morgan fingerprint density at radius 1 is 1.07 bits per heavy atom. The van der Waals surface area contributed by atoms with Gasteiger partial charge in [-0.15, -0.1) is 11.3 Å². The van der Waals surface area contributed by atoms with E-state index in [4.69, 9.17) is 9.47 Å². The summed E-state index contributed by atoms with van der Waals surface area (Å²) in [4.78, 5) is 16.6. The number of hydrogen-bond donors (Lipinski definition) is 1. The third-order valence-corrected chi connectivity index (χ3v) is 5.33. The molecule has 158 valence electrons. The van der Waals surface area contributed by atoms with Crippen molar-refractivity contribution < 1.29 is 14.3 Å². The van der Waals surface area contributed by atoms with Gasteiger partial charge in [-0.25, -0.2) is 4.98 Å². The maximum absolute atomic E-state index is 12.1. The standard InChI is InChI=1S/C24H28N2O3S/c1-3-28-22-7-4-5-8-23(22)29-16-6-9-24(27)25-15-14-19-10-12-20(13-11-19)21-17-30-18(2)26-21/h4-5,7-8,10-13,17H,3,6,9,14-16H2,1-2H3,(H,25,27). The SMILES string of the molecule is CCOc1ccccc1OCCCC(=O)NCCc1ccc(-c2csc(C)n2)cc1. The minimum absolute atomic E-state index is 0.0475. The van der Waals surface area contributed by atoms with Crippen LogP contribution >= 0.6 is 11.3 Å². The molecule has 0 aliphatic rings.